The molecule has 3 N–H and O–H groups in total. The third kappa shape index (κ3) is 5.12. The van der Waals surface area contributed by atoms with Crippen LogP contribution in [-0.2, 0) is 32.9 Å². The number of amides is 1. The molecule has 1 rings (SSSR count). The van der Waals surface area contributed by atoms with E-state index in [4.69, 9.17) is 10.5 Å². The molecule has 0 fully saturated rings. The number of nitrogens with one attached hydrogen (secondary N) is 1. The summed E-state index contributed by atoms with van der Waals surface area (Å²) in [6.45, 7) is 2.10. The van der Waals surface area contributed by atoms with Gasteiger partial charge < -0.3 is 15.0 Å². The van der Waals surface area contributed by atoms with E-state index < -0.39 is 41.0 Å². The van der Waals surface area contributed by atoms with Crippen molar-refractivity contribution in [1.29, 1.82) is 0 Å². The highest BCUT2D eigenvalue weighted by molar-refractivity contribution is 7.77. The molecule has 0 saturated heterocycles. The summed E-state index contributed by atoms with van der Waals surface area (Å²) in [6, 6.07) is 1.78. The Hall–Kier alpha value is -1.42. The molecule has 118 valence electrons. The zero-order chi connectivity index (χ0) is 16.2. The van der Waals surface area contributed by atoms with Gasteiger partial charge in [0, 0.05) is 28.9 Å². The molecule has 1 unspecified atom stereocenters. The Bertz CT molecular complexity index is 566. The van der Waals surface area contributed by atoms with Crippen LogP contribution in [0.3, 0.4) is 0 Å². The van der Waals surface area contributed by atoms with Crippen LogP contribution in [0, 0.1) is 11.6 Å². The number of primary amides is 1. The molecule has 6 nitrogen and oxygen atoms in total. The first-order valence-corrected chi connectivity index (χ1v) is 6.94. The van der Waals surface area contributed by atoms with E-state index in [0.29, 0.717) is 0 Å². The number of carbonyl (C=O) groups is 1. The predicted octanol–water partition coefficient (Wildman–Crippen LogP) is 0.586. The van der Waals surface area contributed by atoms with Gasteiger partial charge in [-0.05, 0) is 26.0 Å². The monoisotopic (exact) mass is 321 g/mol. The lowest BCUT2D eigenvalue weighted by Crippen LogP contribution is -2.29. The second-order valence-electron chi connectivity index (χ2n) is 4.74. The van der Waals surface area contributed by atoms with Gasteiger partial charge in [0.25, 0.3) is 0 Å². The standard InChI is InChI=1S/C12H16F2N2O4S/c1-12(2,20-6-11(15)17)8-4-9(13)7(3-10(8)14)5-16-21(18)19/h3-4,16H,5-6H2,1-2H3,(H2,15,17)(H,18,19)/p-1. The number of hydrogen-bond donors (Lipinski definition) is 2. The summed E-state index contributed by atoms with van der Waals surface area (Å²) >= 11 is -2.58. The second-order valence-corrected chi connectivity index (χ2v) is 5.50. The Morgan fingerprint density at radius 2 is 2.05 bits per heavy atom. The molecule has 9 heteroatoms. The minimum atomic E-state index is -2.58. The molecule has 0 aromatic heterocycles. The van der Waals surface area contributed by atoms with E-state index in [2.05, 4.69) is 0 Å². The van der Waals surface area contributed by atoms with Crippen molar-refractivity contribution in [3.05, 3.63) is 34.9 Å². The van der Waals surface area contributed by atoms with Crippen LogP contribution < -0.4 is 10.5 Å². The zero-order valence-corrected chi connectivity index (χ0v) is 12.3. The molecule has 21 heavy (non-hydrogen) atoms. The minimum Gasteiger partial charge on any atom is -0.760 e. The van der Waals surface area contributed by atoms with Crippen molar-refractivity contribution < 1.29 is 27.1 Å². The second kappa shape index (κ2) is 7.03. The largest absolute Gasteiger partial charge is 0.760 e. The van der Waals surface area contributed by atoms with Crippen molar-refractivity contribution in [3.63, 3.8) is 0 Å². The van der Waals surface area contributed by atoms with Crippen LogP contribution in [-0.4, -0.2) is 21.3 Å². The fourth-order valence-electron chi connectivity index (χ4n) is 1.65. The van der Waals surface area contributed by atoms with Crippen molar-refractivity contribution >= 4 is 17.2 Å². The van der Waals surface area contributed by atoms with Gasteiger partial charge in [-0.3, -0.25) is 9.00 Å². The number of hydrogen-bond acceptors (Lipinski definition) is 4. The van der Waals surface area contributed by atoms with Crippen LogP contribution in [0.15, 0.2) is 12.1 Å². The van der Waals surface area contributed by atoms with Crippen molar-refractivity contribution in [2.75, 3.05) is 6.61 Å². The fraction of sp³-hybridized carbons (Fsp3) is 0.417. The van der Waals surface area contributed by atoms with Crippen molar-refractivity contribution in [3.8, 4) is 0 Å². The topological polar surface area (TPSA) is 104 Å². The maximum Gasteiger partial charge on any atom is 0.243 e. The lowest BCUT2D eigenvalue weighted by Gasteiger charge is -2.26. The smallest absolute Gasteiger partial charge is 0.243 e. The summed E-state index contributed by atoms with van der Waals surface area (Å²) in [5.74, 6) is -2.30. The summed E-state index contributed by atoms with van der Waals surface area (Å²) in [5, 5.41) is 0. The van der Waals surface area contributed by atoms with Crippen LogP contribution in [0.1, 0.15) is 25.0 Å². The van der Waals surface area contributed by atoms with Crippen molar-refractivity contribution in [2.24, 2.45) is 5.73 Å². The average Bonchev–Trinajstić information content (AvgIpc) is 2.36. The Morgan fingerprint density at radius 1 is 1.43 bits per heavy atom. The molecule has 0 radical (unpaired) electrons. The van der Waals surface area contributed by atoms with E-state index in [-0.39, 0.29) is 17.7 Å². The van der Waals surface area contributed by atoms with E-state index in [1.54, 1.807) is 0 Å². The van der Waals surface area contributed by atoms with Gasteiger partial charge in [-0.1, -0.05) is 0 Å². The van der Waals surface area contributed by atoms with Gasteiger partial charge in [0.15, 0.2) is 0 Å². The van der Waals surface area contributed by atoms with Gasteiger partial charge in [-0.2, -0.15) is 0 Å². The quantitative estimate of drug-likeness (QED) is 0.717. The minimum absolute atomic E-state index is 0.103. The number of ether oxygens (including phenoxy) is 1. The number of rotatable bonds is 7. The average molecular weight is 321 g/mol. The number of benzene rings is 1. The maximum atomic E-state index is 14.0. The number of nitrogens with two attached hydrogens (primary N) is 1. The normalized spacial score (nSPS) is 13.2. The zero-order valence-electron chi connectivity index (χ0n) is 11.4. The summed E-state index contributed by atoms with van der Waals surface area (Å²) < 4.78 is 55.7. The van der Waals surface area contributed by atoms with Crippen molar-refractivity contribution in [1.82, 2.24) is 4.72 Å². The highest BCUT2D eigenvalue weighted by Gasteiger charge is 2.27. The first-order valence-electron chi connectivity index (χ1n) is 5.87. The number of halogens is 2. The summed E-state index contributed by atoms with van der Waals surface area (Å²) in [7, 11) is 0. The molecule has 0 heterocycles. The third-order valence-corrected chi connectivity index (χ3v) is 3.12. The Labute approximate surface area is 123 Å². The molecular weight excluding hydrogens is 306 g/mol. The highest BCUT2D eigenvalue weighted by Crippen LogP contribution is 2.29. The summed E-state index contributed by atoms with van der Waals surface area (Å²) in [5.41, 5.74) is 3.42. The molecule has 1 atom stereocenters. The van der Waals surface area contributed by atoms with Gasteiger partial charge in [-0.25, -0.2) is 13.5 Å². The summed E-state index contributed by atoms with van der Waals surface area (Å²) in [6.07, 6.45) is 0. The van der Waals surface area contributed by atoms with Gasteiger partial charge in [0.05, 0.1) is 5.60 Å². The Morgan fingerprint density at radius 3 is 2.57 bits per heavy atom. The van der Waals surface area contributed by atoms with E-state index in [9.17, 15) is 22.3 Å². The van der Waals surface area contributed by atoms with Gasteiger partial charge >= 0.3 is 0 Å². The van der Waals surface area contributed by atoms with Crippen LogP contribution in [0.5, 0.6) is 0 Å². The molecule has 0 saturated carbocycles. The van der Waals surface area contributed by atoms with E-state index >= 15 is 0 Å². The fourth-order valence-corrected chi connectivity index (χ4v) is 1.92. The molecule has 0 aliphatic heterocycles. The molecule has 1 aromatic rings. The molecule has 0 spiro atoms. The lowest BCUT2D eigenvalue weighted by molar-refractivity contribution is -0.128. The van der Waals surface area contributed by atoms with Crippen molar-refractivity contribution in [2.45, 2.75) is 26.0 Å². The van der Waals surface area contributed by atoms with Crippen LogP contribution >= 0.6 is 0 Å². The van der Waals surface area contributed by atoms with Gasteiger partial charge in [-0.15, -0.1) is 0 Å². The SMILES string of the molecule is CC(C)(OCC(N)=O)c1cc(F)c(CNS(=O)[O-])cc1F. The number of carbonyl (C=O) groups excluding carboxylic acids is 1. The molecule has 1 aromatic carbocycles. The van der Waals surface area contributed by atoms with E-state index in [1.807, 2.05) is 4.72 Å². The van der Waals surface area contributed by atoms with Crippen LogP contribution in [0.25, 0.3) is 0 Å². The van der Waals surface area contributed by atoms with Gasteiger partial charge in [0.1, 0.15) is 18.2 Å². The van der Waals surface area contributed by atoms with E-state index in [0.717, 1.165) is 12.1 Å². The highest BCUT2D eigenvalue weighted by atomic mass is 32.2. The Balaban J connectivity index is 3.01. The van der Waals surface area contributed by atoms with E-state index in [1.165, 1.54) is 13.8 Å². The predicted molar refractivity (Wildman–Crippen MR) is 70.3 cm³/mol. The first-order chi connectivity index (χ1) is 9.63. The first kappa shape index (κ1) is 17.6. The molecular formula is C12H15F2N2O4S-. The molecule has 0 bridgehead atoms. The molecule has 0 aliphatic carbocycles. The Kier molecular flexibility index (Phi) is 5.90. The third-order valence-electron chi connectivity index (χ3n) is 2.74. The summed E-state index contributed by atoms with van der Waals surface area (Å²) in [4.78, 5) is 10.7. The molecule has 0 aliphatic rings. The molecule has 1 amide bonds. The van der Waals surface area contributed by atoms with Gasteiger partial charge in [0.2, 0.25) is 5.91 Å². The maximum absolute atomic E-state index is 14.0. The lowest BCUT2D eigenvalue weighted by atomic mass is 9.95. The van der Waals surface area contributed by atoms with Crippen LogP contribution in [0.2, 0.25) is 0 Å². The van der Waals surface area contributed by atoms with Crippen LogP contribution in [0.4, 0.5) is 8.78 Å².